The monoisotopic (exact) mass is 404 g/mol. The topological polar surface area (TPSA) is 58.6 Å². The average molecular weight is 405 g/mol. The first-order valence-electron chi connectivity index (χ1n) is 10.2. The summed E-state index contributed by atoms with van der Waals surface area (Å²) >= 11 is 0. The molecule has 0 aliphatic heterocycles. The standard InChI is InChI=1S/C25H28N2O3/c1-5-27(6-2)25(29)21-8-7-9-22(15-21)26-24(28)17(3)18-10-11-20-16-23(30-4)13-12-19(20)14-18/h7-17H,5-6H2,1-4H3,(H,26,28). The normalized spacial score (nSPS) is 11.7. The van der Waals surface area contributed by atoms with Gasteiger partial charge in [0.2, 0.25) is 5.91 Å². The van der Waals surface area contributed by atoms with Gasteiger partial charge < -0.3 is 15.0 Å². The van der Waals surface area contributed by atoms with Crippen LogP contribution in [0.25, 0.3) is 10.8 Å². The molecule has 2 amide bonds. The molecule has 0 saturated carbocycles. The molecule has 3 rings (SSSR count). The smallest absolute Gasteiger partial charge is 0.253 e. The molecule has 3 aromatic carbocycles. The number of hydrogen-bond acceptors (Lipinski definition) is 3. The zero-order valence-electron chi connectivity index (χ0n) is 17.9. The zero-order chi connectivity index (χ0) is 21.7. The van der Waals surface area contributed by atoms with Gasteiger partial charge in [-0.15, -0.1) is 0 Å². The van der Waals surface area contributed by atoms with Crippen molar-refractivity contribution in [2.24, 2.45) is 0 Å². The molecule has 0 saturated heterocycles. The van der Waals surface area contributed by atoms with E-state index in [4.69, 9.17) is 4.74 Å². The molecule has 3 aromatic rings. The highest BCUT2D eigenvalue weighted by atomic mass is 16.5. The molecule has 156 valence electrons. The van der Waals surface area contributed by atoms with Crippen molar-refractivity contribution >= 4 is 28.3 Å². The van der Waals surface area contributed by atoms with Gasteiger partial charge in [-0.05, 0) is 67.4 Å². The van der Waals surface area contributed by atoms with E-state index in [1.807, 2.05) is 57.2 Å². The molecule has 1 N–H and O–H groups in total. The van der Waals surface area contributed by atoms with Crippen molar-refractivity contribution < 1.29 is 14.3 Å². The largest absolute Gasteiger partial charge is 0.497 e. The van der Waals surface area contributed by atoms with Gasteiger partial charge in [0, 0.05) is 24.3 Å². The van der Waals surface area contributed by atoms with Gasteiger partial charge in [-0.1, -0.05) is 30.3 Å². The maximum atomic E-state index is 12.9. The summed E-state index contributed by atoms with van der Waals surface area (Å²) < 4.78 is 5.27. The number of hydrogen-bond donors (Lipinski definition) is 1. The molecule has 30 heavy (non-hydrogen) atoms. The summed E-state index contributed by atoms with van der Waals surface area (Å²) in [6, 6.07) is 19.0. The molecule has 5 nitrogen and oxygen atoms in total. The van der Waals surface area contributed by atoms with E-state index in [2.05, 4.69) is 5.32 Å². The van der Waals surface area contributed by atoms with Crippen molar-refractivity contribution in [2.45, 2.75) is 26.7 Å². The second-order valence-electron chi connectivity index (χ2n) is 7.24. The summed E-state index contributed by atoms with van der Waals surface area (Å²) in [5.74, 6) is 0.322. The van der Waals surface area contributed by atoms with Crippen LogP contribution in [0.5, 0.6) is 5.75 Å². The summed E-state index contributed by atoms with van der Waals surface area (Å²) in [6.07, 6.45) is 0. The number of amides is 2. The summed E-state index contributed by atoms with van der Waals surface area (Å²) in [4.78, 5) is 27.2. The quantitative estimate of drug-likeness (QED) is 0.598. The molecule has 0 heterocycles. The minimum atomic E-state index is -0.335. The van der Waals surface area contributed by atoms with Gasteiger partial charge in [-0.2, -0.15) is 0 Å². The van der Waals surface area contributed by atoms with Crippen LogP contribution in [0.4, 0.5) is 5.69 Å². The van der Waals surface area contributed by atoms with Crippen molar-refractivity contribution in [3.05, 3.63) is 71.8 Å². The van der Waals surface area contributed by atoms with Crippen LogP contribution in [0, 0.1) is 0 Å². The highest BCUT2D eigenvalue weighted by molar-refractivity contribution is 5.99. The third-order valence-electron chi connectivity index (χ3n) is 5.39. The number of benzene rings is 3. The Hall–Kier alpha value is -3.34. The number of nitrogens with one attached hydrogen (secondary N) is 1. The van der Waals surface area contributed by atoms with Crippen LogP contribution in [-0.4, -0.2) is 36.9 Å². The predicted molar refractivity (Wildman–Crippen MR) is 121 cm³/mol. The zero-order valence-corrected chi connectivity index (χ0v) is 17.9. The van der Waals surface area contributed by atoms with Crippen LogP contribution in [0.2, 0.25) is 0 Å². The lowest BCUT2D eigenvalue weighted by molar-refractivity contribution is -0.117. The maximum Gasteiger partial charge on any atom is 0.253 e. The Morgan fingerprint density at radius 3 is 2.37 bits per heavy atom. The van der Waals surface area contributed by atoms with Crippen LogP contribution in [-0.2, 0) is 4.79 Å². The molecule has 1 atom stereocenters. The fraction of sp³-hybridized carbons (Fsp3) is 0.280. The van der Waals surface area contributed by atoms with Crippen molar-refractivity contribution in [3.63, 3.8) is 0 Å². The Labute approximate surface area is 177 Å². The Bertz CT molecular complexity index is 1060. The number of nitrogens with zero attached hydrogens (tertiary/aromatic N) is 1. The first-order chi connectivity index (χ1) is 14.5. The van der Waals surface area contributed by atoms with Gasteiger partial charge in [0.1, 0.15) is 5.75 Å². The predicted octanol–water partition coefficient (Wildman–Crippen LogP) is 5.07. The Morgan fingerprint density at radius 1 is 0.967 bits per heavy atom. The van der Waals surface area contributed by atoms with Crippen LogP contribution < -0.4 is 10.1 Å². The van der Waals surface area contributed by atoms with E-state index in [1.54, 1.807) is 36.3 Å². The van der Waals surface area contributed by atoms with Crippen LogP contribution >= 0.6 is 0 Å². The lowest BCUT2D eigenvalue weighted by Gasteiger charge is -2.19. The Balaban J connectivity index is 1.76. The van der Waals surface area contributed by atoms with E-state index in [0.717, 1.165) is 22.1 Å². The molecule has 0 spiro atoms. The van der Waals surface area contributed by atoms with E-state index in [9.17, 15) is 9.59 Å². The summed E-state index contributed by atoms with van der Waals surface area (Å²) in [6.45, 7) is 7.08. The Morgan fingerprint density at radius 2 is 1.67 bits per heavy atom. The third-order valence-corrected chi connectivity index (χ3v) is 5.39. The number of rotatable bonds is 7. The number of carbonyl (C=O) groups excluding carboxylic acids is 2. The van der Waals surface area contributed by atoms with Gasteiger partial charge in [0.15, 0.2) is 0 Å². The maximum absolute atomic E-state index is 12.9. The Kier molecular flexibility index (Phi) is 6.72. The fourth-order valence-electron chi connectivity index (χ4n) is 3.46. The summed E-state index contributed by atoms with van der Waals surface area (Å²) in [5, 5.41) is 5.07. The number of carbonyl (C=O) groups is 2. The van der Waals surface area contributed by atoms with Crippen molar-refractivity contribution in [3.8, 4) is 5.75 Å². The van der Waals surface area contributed by atoms with E-state index in [1.165, 1.54) is 0 Å². The third kappa shape index (κ3) is 4.62. The first kappa shape index (κ1) is 21.4. The van der Waals surface area contributed by atoms with Crippen LogP contribution in [0.15, 0.2) is 60.7 Å². The molecular weight excluding hydrogens is 376 g/mol. The van der Waals surface area contributed by atoms with Gasteiger partial charge in [0.25, 0.3) is 5.91 Å². The molecule has 0 fully saturated rings. The van der Waals surface area contributed by atoms with Gasteiger partial charge in [0.05, 0.1) is 13.0 Å². The van der Waals surface area contributed by atoms with Crippen molar-refractivity contribution in [1.82, 2.24) is 4.90 Å². The number of methoxy groups -OCH3 is 1. The molecule has 0 aliphatic rings. The second-order valence-corrected chi connectivity index (χ2v) is 7.24. The minimum absolute atomic E-state index is 0.0332. The number of ether oxygens (including phenoxy) is 1. The fourth-order valence-corrected chi connectivity index (χ4v) is 3.46. The highest BCUT2D eigenvalue weighted by Gasteiger charge is 2.17. The first-order valence-corrected chi connectivity index (χ1v) is 10.2. The SMILES string of the molecule is CCN(CC)C(=O)c1cccc(NC(=O)C(C)c2ccc3cc(OC)ccc3c2)c1. The molecular formula is C25H28N2O3. The second kappa shape index (κ2) is 9.44. The van der Waals surface area contributed by atoms with Crippen LogP contribution in [0.1, 0.15) is 42.6 Å². The molecule has 0 radical (unpaired) electrons. The number of fused-ring (bicyclic) bond motifs is 1. The average Bonchev–Trinajstić information content (AvgIpc) is 2.78. The summed E-state index contributed by atoms with van der Waals surface area (Å²) in [5.41, 5.74) is 2.12. The molecule has 0 aromatic heterocycles. The lowest BCUT2D eigenvalue weighted by atomic mass is 9.97. The van der Waals surface area contributed by atoms with E-state index < -0.39 is 0 Å². The van der Waals surface area contributed by atoms with Gasteiger partial charge in [-0.3, -0.25) is 9.59 Å². The van der Waals surface area contributed by atoms with Crippen LogP contribution in [0.3, 0.4) is 0 Å². The summed E-state index contributed by atoms with van der Waals surface area (Å²) in [7, 11) is 1.65. The molecule has 0 bridgehead atoms. The number of anilines is 1. The molecule has 5 heteroatoms. The van der Waals surface area contributed by atoms with E-state index >= 15 is 0 Å². The lowest BCUT2D eigenvalue weighted by Crippen LogP contribution is -2.30. The van der Waals surface area contributed by atoms with Crippen molar-refractivity contribution in [1.29, 1.82) is 0 Å². The van der Waals surface area contributed by atoms with Crippen molar-refractivity contribution in [2.75, 3.05) is 25.5 Å². The van der Waals surface area contributed by atoms with Gasteiger partial charge in [-0.25, -0.2) is 0 Å². The van der Waals surface area contributed by atoms with Gasteiger partial charge >= 0.3 is 0 Å². The molecule has 1 unspecified atom stereocenters. The highest BCUT2D eigenvalue weighted by Crippen LogP contribution is 2.26. The molecule has 0 aliphatic carbocycles. The minimum Gasteiger partial charge on any atom is -0.497 e. The van der Waals surface area contributed by atoms with E-state index in [0.29, 0.717) is 24.3 Å². The van der Waals surface area contributed by atoms with E-state index in [-0.39, 0.29) is 17.7 Å².